The molecule has 1 aliphatic heterocycles. The van der Waals surface area contributed by atoms with Gasteiger partial charge in [-0.15, -0.1) is 0 Å². The van der Waals surface area contributed by atoms with E-state index >= 15 is 0 Å². The Bertz CT molecular complexity index is 480. The second-order valence-corrected chi connectivity index (χ2v) is 7.48. The molecule has 5 nitrogen and oxygen atoms in total. The molecule has 0 bridgehead atoms. The molecule has 118 valence electrons. The average Bonchev–Trinajstić information content (AvgIpc) is 2.88. The fourth-order valence-electron chi connectivity index (χ4n) is 2.44. The molecule has 0 saturated carbocycles. The summed E-state index contributed by atoms with van der Waals surface area (Å²) in [5, 5.41) is 4.11. The molecule has 2 heterocycles. The Morgan fingerprint density at radius 2 is 2.24 bits per heavy atom. The van der Waals surface area contributed by atoms with E-state index in [0.29, 0.717) is 6.42 Å². The standard InChI is InChI=1S/C15H26N4OS/c1-5-7-12(20)16-11-8-6-9-19(10-11)14-17-13(18-21-14)15(2,3)4/h11H,5-10H2,1-4H3,(H,16,20). The maximum atomic E-state index is 11.7. The molecule has 1 fully saturated rings. The molecule has 0 radical (unpaired) electrons. The number of carbonyl (C=O) groups is 1. The van der Waals surface area contributed by atoms with E-state index < -0.39 is 0 Å². The van der Waals surface area contributed by atoms with Gasteiger partial charge in [0.1, 0.15) is 5.82 Å². The number of hydrogen-bond donors (Lipinski definition) is 1. The van der Waals surface area contributed by atoms with Crippen LogP contribution in [-0.4, -0.2) is 34.4 Å². The highest BCUT2D eigenvalue weighted by atomic mass is 32.1. The monoisotopic (exact) mass is 310 g/mol. The van der Waals surface area contributed by atoms with Crippen molar-refractivity contribution < 1.29 is 4.79 Å². The molecule has 1 saturated heterocycles. The van der Waals surface area contributed by atoms with E-state index in [1.165, 1.54) is 11.5 Å². The molecular formula is C15H26N4OS. The van der Waals surface area contributed by atoms with E-state index in [1.807, 2.05) is 6.92 Å². The first kappa shape index (κ1) is 16.2. The average molecular weight is 310 g/mol. The Morgan fingerprint density at radius 3 is 2.86 bits per heavy atom. The summed E-state index contributed by atoms with van der Waals surface area (Å²) in [4.78, 5) is 18.7. The van der Waals surface area contributed by atoms with Crippen LogP contribution in [-0.2, 0) is 10.2 Å². The first-order valence-electron chi connectivity index (χ1n) is 7.78. The van der Waals surface area contributed by atoms with Crippen molar-refractivity contribution in [3.8, 4) is 0 Å². The van der Waals surface area contributed by atoms with Gasteiger partial charge in [-0.3, -0.25) is 4.79 Å². The lowest BCUT2D eigenvalue weighted by molar-refractivity contribution is -0.121. The molecule has 0 spiro atoms. The van der Waals surface area contributed by atoms with Gasteiger partial charge in [-0.1, -0.05) is 27.7 Å². The van der Waals surface area contributed by atoms with Gasteiger partial charge in [-0.25, -0.2) is 4.98 Å². The fraction of sp³-hybridized carbons (Fsp3) is 0.800. The molecule has 1 aromatic heterocycles. The zero-order valence-corrected chi connectivity index (χ0v) is 14.3. The van der Waals surface area contributed by atoms with E-state index in [1.54, 1.807) is 0 Å². The topological polar surface area (TPSA) is 58.1 Å². The first-order chi connectivity index (χ1) is 9.90. The van der Waals surface area contributed by atoms with Gasteiger partial charge in [0.15, 0.2) is 0 Å². The molecule has 6 heteroatoms. The number of nitrogens with one attached hydrogen (secondary N) is 1. The van der Waals surface area contributed by atoms with Gasteiger partial charge >= 0.3 is 0 Å². The lowest BCUT2D eigenvalue weighted by Crippen LogP contribution is -2.47. The van der Waals surface area contributed by atoms with Crippen LogP contribution in [0.5, 0.6) is 0 Å². The van der Waals surface area contributed by atoms with Crippen LogP contribution in [0.25, 0.3) is 0 Å². The van der Waals surface area contributed by atoms with Crippen LogP contribution in [0.1, 0.15) is 59.2 Å². The van der Waals surface area contributed by atoms with Crippen molar-refractivity contribution in [1.82, 2.24) is 14.7 Å². The highest BCUT2D eigenvalue weighted by Gasteiger charge is 2.26. The van der Waals surface area contributed by atoms with Crippen LogP contribution in [0, 0.1) is 0 Å². The highest BCUT2D eigenvalue weighted by molar-refractivity contribution is 7.09. The van der Waals surface area contributed by atoms with Crippen molar-refractivity contribution in [1.29, 1.82) is 0 Å². The molecule has 0 aliphatic carbocycles. The predicted molar refractivity (Wildman–Crippen MR) is 86.9 cm³/mol. The number of rotatable bonds is 4. The minimum Gasteiger partial charge on any atom is -0.352 e. The number of anilines is 1. The van der Waals surface area contributed by atoms with Gasteiger partial charge in [0.05, 0.1) is 0 Å². The minimum absolute atomic E-state index is 0.0146. The lowest BCUT2D eigenvalue weighted by atomic mass is 9.96. The van der Waals surface area contributed by atoms with Crippen molar-refractivity contribution in [3.63, 3.8) is 0 Å². The second kappa shape index (κ2) is 6.73. The molecule has 1 atom stereocenters. The Balaban J connectivity index is 1.97. The van der Waals surface area contributed by atoms with Crippen molar-refractivity contribution in [2.24, 2.45) is 0 Å². The third kappa shape index (κ3) is 4.40. The van der Waals surface area contributed by atoms with Gasteiger partial charge in [0.25, 0.3) is 0 Å². The van der Waals surface area contributed by atoms with Gasteiger partial charge in [0.2, 0.25) is 11.0 Å². The number of carbonyl (C=O) groups excluding carboxylic acids is 1. The highest BCUT2D eigenvalue weighted by Crippen LogP contribution is 2.27. The fourth-order valence-corrected chi connectivity index (χ4v) is 3.34. The van der Waals surface area contributed by atoms with Crippen molar-refractivity contribution in [2.45, 2.75) is 64.8 Å². The summed E-state index contributed by atoms with van der Waals surface area (Å²) in [6.07, 6.45) is 3.65. The molecule has 1 amide bonds. The summed E-state index contributed by atoms with van der Waals surface area (Å²) in [7, 11) is 0. The third-order valence-corrected chi connectivity index (χ3v) is 4.40. The van der Waals surface area contributed by atoms with Crippen LogP contribution in [0.3, 0.4) is 0 Å². The van der Waals surface area contributed by atoms with E-state index in [4.69, 9.17) is 0 Å². The quantitative estimate of drug-likeness (QED) is 0.929. The Hall–Kier alpha value is -1.17. The number of hydrogen-bond acceptors (Lipinski definition) is 5. The van der Waals surface area contributed by atoms with E-state index in [-0.39, 0.29) is 17.4 Å². The SMILES string of the molecule is CCCC(=O)NC1CCCN(c2nc(C(C)(C)C)ns2)C1. The Morgan fingerprint density at radius 1 is 1.48 bits per heavy atom. The molecule has 1 N–H and O–H groups in total. The lowest BCUT2D eigenvalue weighted by Gasteiger charge is -2.32. The van der Waals surface area contributed by atoms with Gasteiger partial charge in [-0.05, 0) is 19.3 Å². The molecular weight excluding hydrogens is 284 g/mol. The molecule has 1 aromatic rings. The summed E-state index contributed by atoms with van der Waals surface area (Å²) in [5.74, 6) is 1.07. The summed E-state index contributed by atoms with van der Waals surface area (Å²) < 4.78 is 4.48. The first-order valence-corrected chi connectivity index (χ1v) is 8.56. The van der Waals surface area contributed by atoms with E-state index in [0.717, 1.165) is 43.3 Å². The maximum Gasteiger partial charge on any atom is 0.220 e. The summed E-state index contributed by atoms with van der Waals surface area (Å²) in [6, 6.07) is 0.236. The van der Waals surface area contributed by atoms with Crippen molar-refractivity contribution >= 4 is 22.6 Å². The van der Waals surface area contributed by atoms with Crippen LogP contribution >= 0.6 is 11.5 Å². The minimum atomic E-state index is -0.0146. The molecule has 21 heavy (non-hydrogen) atoms. The molecule has 1 aliphatic rings. The van der Waals surface area contributed by atoms with Crippen LogP contribution in [0.15, 0.2) is 0 Å². The van der Waals surface area contributed by atoms with Gasteiger partial charge in [-0.2, -0.15) is 4.37 Å². The Labute approximate surface area is 131 Å². The zero-order valence-electron chi connectivity index (χ0n) is 13.5. The molecule has 0 aromatic carbocycles. The molecule has 2 rings (SSSR count). The van der Waals surface area contributed by atoms with Gasteiger partial charge in [0, 0.05) is 42.5 Å². The van der Waals surface area contributed by atoms with Crippen LogP contribution in [0.4, 0.5) is 5.13 Å². The Kier molecular flexibility index (Phi) is 5.19. The smallest absolute Gasteiger partial charge is 0.220 e. The predicted octanol–water partition coefficient (Wildman–Crippen LogP) is 2.72. The zero-order chi connectivity index (χ0) is 15.5. The number of piperidine rings is 1. The van der Waals surface area contributed by atoms with Crippen LogP contribution in [0.2, 0.25) is 0 Å². The number of amides is 1. The van der Waals surface area contributed by atoms with Gasteiger partial charge < -0.3 is 10.2 Å². The third-order valence-electron chi connectivity index (χ3n) is 3.62. The van der Waals surface area contributed by atoms with Crippen LogP contribution < -0.4 is 10.2 Å². The number of nitrogens with zero attached hydrogens (tertiary/aromatic N) is 3. The largest absolute Gasteiger partial charge is 0.352 e. The normalized spacial score (nSPS) is 19.6. The van der Waals surface area contributed by atoms with E-state index in [2.05, 4.69) is 40.3 Å². The molecule has 1 unspecified atom stereocenters. The summed E-state index contributed by atoms with van der Waals surface area (Å²) >= 11 is 1.47. The van der Waals surface area contributed by atoms with Crippen molar-refractivity contribution in [2.75, 3.05) is 18.0 Å². The summed E-state index contributed by atoms with van der Waals surface area (Å²) in [6.45, 7) is 10.3. The van der Waals surface area contributed by atoms with Crippen molar-refractivity contribution in [3.05, 3.63) is 5.82 Å². The maximum absolute atomic E-state index is 11.7. The second-order valence-electron chi connectivity index (χ2n) is 6.75. The number of aromatic nitrogens is 2. The summed E-state index contributed by atoms with van der Waals surface area (Å²) in [5.41, 5.74) is -0.0146. The van der Waals surface area contributed by atoms with E-state index in [9.17, 15) is 4.79 Å².